The summed E-state index contributed by atoms with van der Waals surface area (Å²) in [6, 6.07) is 15.6. The van der Waals surface area contributed by atoms with E-state index in [1.807, 2.05) is 30.3 Å². The van der Waals surface area contributed by atoms with Crippen molar-refractivity contribution in [3.8, 4) is 17.0 Å². The zero-order valence-corrected chi connectivity index (χ0v) is 14.4. The first-order chi connectivity index (χ1) is 12.0. The number of aromatic nitrogens is 1. The van der Waals surface area contributed by atoms with Crippen LogP contribution >= 0.6 is 15.9 Å². The third-order valence-corrected chi connectivity index (χ3v) is 3.83. The second-order valence-corrected chi connectivity index (χ2v) is 6.01. The average Bonchev–Trinajstić information content (AvgIpc) is 3.11. The molecule has 0 aliphatic heterocycles. The van der Waals surface area contributed by atoms with E-state index in [0.29, 0.717) is 10.2 Å². The molecule has 126 valence electrons. The molecule has 0 amide bonds. The molecule has 1 heterocycles. The summed E-state index contributed by atoms with van der Waals surface area (Å²) < 4.78 is 11.0. The SMILES string of the molecule is O=C(O)COc1ccc(Br)cc1C(=O)c1cc(-c2ccccc2)no1. The van der Waals surface area contributed by atoms with Crippen LogP contribution in [0.2, 0.25) is 0 Å². The number of carbonyl (C=O) groups excluding carboxylic acids is 1. The molecule has 0 bridgehead atoms. The molecule has 0 saturated heterocycles. The van der Waals surface area contributed by atoms with Crippen molar-refractivity contribution in [3.05, 3.63) is 70.4 Å². The Morgan fingerprint density at radius 1 is 1.12 bits per heavy atom. The van der Waals surface area contributed by atoms with Crippen molar-refractivity contribution in [2.75, 3.05) is 6.61 Å². The van der Waals surface area contributed by atoms with Gasteiger partial charge in [-0.05, 0) is 18.2 Å². The Morgan fingerprint density at radius 3 is 2.60 bits per heavy atom. The van der Waals surface area contributed by atoms with Crippen LogP contribution in [0.1, 0.15) is 16.1 Å². The van der Waals surface area contributed by atoms with Crippen LogP contribution in [0.4, 0.5) is 0 Å². The Hall–Kier alpha value is -2.93. The normalized spacial score (nSPS) is 10.4. The van der Waals surface area contributed by atoms with Gasteiger partial charge in [0.15, 0.2) is 6.61 Å². The van der Waals surface area contributed by atoms with Crippen LogP contribution in [0, 0.1) is 0 Å². The highest BCUT2D eigenvalue weighted by Crippen LogP contribution is 2.27. The van der Waals surface area contributed by atoms with Gasteiger partial charge in [-0.3, -0.25) is 4.79 Å². The lowest BCUT2D eigenvalue weighted by molar-refractivity contribution is -0.139. The van der Waals surface area contributed by atoms with Crippen LogP contribution in [0.3, 0.4) is 0 Å². The molecular formula is C18H12BrNO5. The quantitative estimate of drug-likeness (QED) is 0.631. The highest BCUT2D eigenvalue weighted by molar-refractivity contribution is 9.10. The van der Waals surface area contributed by atoms with Crippen molar-refractivity contribution in [2.45, 2.75) is 0 Å². The minimum absolute atomic E-state index is 0.0390. The summed E-state index contributed by atoms with van der Waals surface area (Å²) in [6.45, 7) is -0.548. The smallest absolute Gasteiger partial charge is 0.341 e. The summed E-state index contributed by atoms with van der Waals surface area (Å²) in [7, 11) is 0. The number of halogens is 1. The summed E-state index contributed by atoms with van der Waals surface area (Å²) in [6.07, 6.45) is 0. The van der Waals surface area contributed by atoms with E-state index < -0.39 is 18.4 Å². The van der Waals surface area contributed by atoms with Crippen LogP contribution in [0.5, 0.6) is 5.75 Å². The molecule has 0 saturated carbocycles. The molecular weight excluding hydrogens is 390 g/mol. The van der Waals surface area contributed by atoms with Crippen molar-refractivity contribution < 1.29 is 24.0 Å². The van der Waals surface area contributed by atoms with Crippen LogP contribution < -0.4 is 4.74 Å². The maximum absolute atomic E-state index is 12.7. The number of aliphatic carboxylic acids is 1. The first-order valence-electron chi connectivity index (χ1n) is 7.25. The Balaban J connectivity index is 1.92. The lowest BCUT2D eigenvalue weighted by Gasteiger charge is -2.08. The van der Waals surface area contributed by atoms with Gasteiger partial charge in [0.2, 0.25) is 11.5 Å². The van der Waals surface area contributed by atoms with Gasteiger partial charge in [0.25, 0.3) is 0 Å². The fourth-order valence-corrected chi connectivity index (χ4v) is 2.57. The standard InChI is InChI=1S/C18H12BrNO5/c19-12-6-7-15(24-10-17(21)22)13(8-12)18(23)16-9-14(20-25-16)11-4-2-1-3-5-11/h1-9H,10H2,(H,21,22). The summed E-state index contributed by atoms with van der Waals surface area (Å²) in [5.74, 6) is -1.38. The maximum Gasteiger partial charge on any atom is 0.341 e. The lowest BCUT2D eigenvalue weighted by atomic mass is 10.1. The van der Waals surface area contributed by atoms with Gasteiger partial charge < -0.3 is 14.4 Å². The molecule has 3 aromatic rings. The molecule has 1 N–H and O–H groups in total. The number of carboxylic acids is 1. The van der Waals surface area contributed by atoms with Crippen molar-refractivity contribution in [2.24, 2.45) is 0 Å². The van der Waals surface area contributed by atoms with Gasteiger partial charge in [0.05, 0.1) is 5.56 Å². The minimum Gasteiger partial charge on any atom is -0.481 e. The van der Waals surface area contributed by atoms with Gasteiger partial charge in [0, 0.05) is 16.1 Å². The van der Waals surface area contributed by atoms with Gasteiger partial charge in [0.1, 0.15) is 11.4 Å². The van der Waals surface area contributed by atoms with Crippen LogP contribution in [-0.2, 0) is 4.79 Å². The van der Waals surface area contributed by atoms with E-state index in [0.717, 1.165) is 5.56 Å². The van der Waals surface area contributed by atoms with E-state index in [2.05, 4.69) is 21.1 Å². The summed E-state index contributed by atoms with van der Waals surface area (Å²) in [5.41, 5.74) is 1.54. The molecule has 25 heavy (non-hydrogen) atoms. The number of hydrogen-bond acceptors (Lipinski definition) is 5. The molecule has 1 aromatic heterocycles. The number of hydrogen-bond donors (Lipinski definition) is 1. The van der Waals surface area contributed by atoms with E-state index in [-0.39, 0.29) is 17.1 Å². The van der Waals surface area contributed by atoms with E-state index >= 15 is 0 Å². The third kappa shape index (κ3) is 3.95. The van der Waals surface area contributed by atoms with Gasteiger partial charge in [-0.25, -0.2) is 4.79 Å². The molecule has 2 aromatic carbocycles. The van der Waals surface area contributed by atoms with Gasteiger partial charge >= 0.3 is 5.97 Å². The number of ketones is 1. The molecule has 6 nitrogen and oxygen atoms in total. The Morgan fingerprint density at radius 2 is 1.88 bits per heavy atom. The number of rotatable bonds is 6. The largest absolute Gasteiger partial charge is 0.481 e. The number of carboxylic acid groups (broad SMARTS) is 1. The average molecular weight is 402 g/mol. The zero-order chi connectivity index (χ0) is 17.8. The molecule has 0 unspecified atom stereocenters. The van der Waals surface area contributed by atoms with Crippen LogP contribution in [0.15, 0.2) is 63.6 Å². The highest BCUT2D eigenvalue weighted by atomic mass is 79.9. The summed E-state index contributed by atoms with van der Waals surface area (Å²) in [5, 5.41) is 12.7. The fourth-order valence-electron chi connectivity index (χ4n) is 2.20. The predicted octanol–water partition coefficient (Wildman–Crippen LogP) is 3.80. The van der Waals surface area contributed by atoms with Gasteiger partial charge in [-0.1, -0.05) is 51.4 Å². The van der Waals surface area contributed by atoms with Gasteiger partial charge in [-0.15, -0.1) is 0 Å². The van der Waals surface area contributed by atoms with Gasteiger partial charge in [-0.2, -0.15) is 0 Å². The van der Waals surface area contributed by atoms with E-state index in [1.165, 1.54) is 6.07 Å². The second kappa shape index (κ2) is 7.31. The van der Waals surface area contributed by atoms with Crippen LogP contribution in [-0.4, -0.2) is 28.6 Å². The third-order valence-electron chi connectivity index (χ3n) is 3.34. The molecule has 0 aliphatic rings. The molecule has 0 spiro atoms. The molecule has 0 aliphatic carbocycles. The first kappa shape index (κ1) is 16.9. The predicted molar refractivity (Wildman–Crippen MR) is 92.6 cm³/mol. The minimum atomic E-state index is -1.13. The number of benzene rings is 2. The number of carbonyl (C=O) groups is 2. The van der Waals surface area contributed by atoms with Crippen LogP contribution in [0.25, 0.3) is 11.3 Å². The van der Waals surface area contributed by atoms with E-state index in [1.54, 1.807) is 18.2 Å². The van der Waals surface area contributed by atoms with Crippen molar-refractivity contribution in [1.82, 2.24) is 5.16 Å². The van der Waals surface area contributed by atoms with Crippen molar-refractivity contribution in [3.63, 3.8) is 0 Å². The monoisotopic (exact) mass is 401 g/mol. The Labute approximate surface area is 151 Å². The summed E-state index contributed by atoms with van der Waals surface area (Å²) >= 11 is 3.29. The number of ether oxygens (including phenoxy) is 1. The Kier molecular flexibility index (Phi) is 4.95. The maximum atomic E-state index is 12.7. The first-order valence-corrected chi connectivity index (χ1v) is 8.05. The molecule has 0 radical (unpaired) electrons. The topological polar surface area (TPSA) is 89.6 Å². The molecule has 3 rings (SSSR count). The highest BCUT2D eigenvalue weighted by Gasteiger charge is 2.21. The fraction of sp³-hybridized carbons (Fsp3) is 0.0556. The number of nitrogens with zero attached hydrogens (tertiary/aromatic N) is 1. The summed E-state index contributed by atoms with van der Waals surface area (Å²) in [4.78, 5) is 23.4. The van der Waals surface area contributed by atoms with E-state index in [4.69, 9.17) is 14.4 Å². The van der Waals surface area contributed by atoms with Crippen molar-refractivity contribution in [1.29, 1.82) is 0 Å². The lowest BCUT2D eigenvalue weighted by Crippen LogP contribution is -2.12. The Bertz CT molecular complexity index is 920. The zero-order valence-electron chi connectivity index (χ0n) is 12.8. The van der Waals surface area contributed by atoms with Crippen molar-refractivity contribution >= 4 is 27.7 Å². The molecule has 0 atom stereocenters. The van der Waals surface area contributed by atoms with E-state index in [9.17, 15) is 9.59 Å². The molecule has 7 heteroatoms. The molecule has 0 fully saturated rings. The second-order valence-electron chi connectivity index (χ2n) is 5.09.